The van der Waals surface area contributed by atoms with E-state index in [0.29, 0.717) is 12.6 Å². The van der Waals surface area contributed by atoms with E-state index in [-0.39, 0.29) is 0 Å². The largest absolute Gasteiger partial charge is 0.496 e. The number of methoxy groups -OCH3 is 2. The van der Waals surface area contributed by atoms with Crippen molar-refractivity contribution in [1.82, 2.24) is 5.32 Å². The smallest absolute Gasteiger partial charge is 0.123 e. The van der Waals surface area contributed by atoms with Crippen molar-refractivity contribution in [1.29, 1.82) is 0 Å². The maximum absolute atomic E-state index is 5.32. The summed E-state index contributed by atoms with van der Waals surface area (Å²) < 4.78 is 10.4. The summed E-state index contributed by atoms with van der Waals surface area (Å²) in [7, 11) is 3.41. The van der Waals surface area contributed by atoms with Crippen LogP contribution in [0.25, 0.3) is 0 Å². The molecule has 90 valence electrons. The van der Waals surface area contributed by atoms with E-state index in [9.17, 15) is 0 Å². The van der Waals surface area contributed by atoms with E-state index < -0.39 is 0 Å². The van der Waals surface area contributed by atoms with Crippen molar-refractivity contribution in [3.8, 4) is 5.75 Å². The molecule has 16 heavy (non-hydrogen) atoms. The van der Waals surface area contributed by atoms with E-state index in [1.54, 1.807) is 14.2 Å². The third-order valence-electron chi connectivity index (χ3n) is 2.49. The van der Waals surface area contributed by atoms with Gasteiger partial charge in [-0.05, 0) is 19.9 Å². The van der Waals surface area contributed by atoms with Crippen LogP contribution in [0.2, 0.25) is 0 Å². The van der Waals surface area contributed by atoms with Gasteiger partial charge in [-0.25, -0.2) is 0 Å². The molecule has 0 heterocycles. The average Bonchev–Trinajstić information content (AvgIpc) is 2.27. The molecule has 1 rings (SSSR count). The summed E-state index contributed by atoms with van der Waals surface area (Å²) in [5, 5.41) is 3.40. The lowest BCUT2D eigenvalue weighted by atomic mass is 10.1. The van der Waals surface area contributed by atoms with Gasteiger partial charge in [0.2, 0.25) is 0 Å². The number of hydrogen-bond donors (Lipinski definition) is 1. The fourth-order valence-corrected chi connectivity index (χ4v) is 1.64. The van der Waals surface area contributed by atoms with Crippen molar-refractivity contribution < 1.29 is 9.47 Å². The molecule has 0 aliphatic heterocycles. The van der Waals surface area contributed by atoms with Gasteiger partial charge in [0.1, 0.15) is 5.75 Å². The molecule has 1 unspecified atom stereocenters. The van der Waals surface area contributed by atoms with Gasteiger partial charge in [0, 0.05) is 25.3 Å². The minimum Gasteiger partial charge on any atom is -0.496 e. The first kappa shape index (κ1) is 13.0. The van der Waals surface area contributed by atoms with Crippen LogP contribution in [0.5, 0.6) is 5.75 Å². The minimum absolute atomic E-state index is 0.343. The average molecular weight is 223 g/mol. The Kier molecular flexibility index (Phi) is 5.29. The maximum atomic E-state index is 5.32. The van der Waals surface area contributed by atoms with E-state index in [0.717, 1.165) is 12.3 Å². The second-order valence-corrected chi connectivity index (χ2v) is 4.05. The first-order chi connectivity index (χ1) is 7.67. The van der Waals surface area contributed by atoms with Gasteiger partial charge in [-0.1, -0.05) is 17.7 Å². The fraction of sp³-hybridized carbons (Fsp3) is 0.538. The topological polar surface area (TPSA) is 30.5 Å². The Balaban J connectivity index is 2.61. The number of rotatable bonds is 6. The predicted octanol–water partition coefficient (Wildman–Crippen LogP) is 2.13. The zero-order valence-corrected chi connectivity index (χ0v) is 10.5. The zero-order valence-electron chi connectivity index (χ0n) is 10.5. The standard InChI is InChI=1S/C13H21NO2/c1-10-5-6-13(16-4)12(7-10)8-14-11(2)9-15-3/h5-7,11,14H,8-9H2,1-4H3. The van der Waals surface area contributed by atoms with Gasteiger partial charge in [0.05, 0.1) is 13.7 Å². The van der Waals surface area contributed by atoms with E-state index in [4.69, 9.17) is 9.47 Å². The van der Waals surface area contributed by atoms with E-state index in [2.05, 4.69) is 31.3 Å². The summed E-state index contributed by atoms with van der Waals surface area (Å²) in [4.78, 5) is 0. The highest BCUT2D eigenvalue weighted by atomic mass is 16.5. The minimum atomic E-state index is 0.343. The molecule has 0 amide bonds. The Morgan fingerprint density at radius 1 is 1.31 bits per heavy atom. The van der Waals surface area contributed by atoms with Gasteiger partial charge in [-0.2, -0.15) is 0 Å². The summed E-state index contributed by atoms with van der Waals surface area (Å²) in [6.45, 7) is 5.71. The van der Waals surface area contributed by atoms with E-state index in [1.807, 2.05) is 6.07 Å². The normalized spacial score (nSPS) is 12.5. The lowest BCUT2D eigenvalue weighted by Gasteiger charge is -2.15. The molecule has 3 nitrogen and oxygen atoms in total. The number of ether oxygens (including phenoxy) is 2. The summed E-state index contributed by atoms with van der Waals surface area (Å²) >= 11 is 0. The van der Waals surface area contributed by atoms with Gasteiger partial charge >= 0.3 is 0 Å². The van der Waals surface area contributed by atoms with E-state index >= 15 is 0 Å². The van der Waals surface area contributed by atoms with Crippen LogP contribution in [-0.2, 0) is 11.3 Å². The SMILES string of the molecule is COCC(C)NCc1cc(C)ccc1OC. The zero-order chi connectivity index (χ0) is 12.0. The monoisotopic (exact) mass is 223 g/mol. The first-order valence-corrected chi connectivity index (χ1v) is 5.53. The summed E-state index contributed by atoms with van der Waals surface area (Å²) in [5.74, 6) is 0.933. The molecule has 0 saturated carbocycles. The maximum Gasteiger partial charge on any atom is 0.123 e. The van der Waals surface area contributed by atoms with E-state index in [1.165, 1.54) is 11.1 Å². The Labute approximate surface area is 97.8 Å². The summed E-state index contributed by atoms with van der Waals surface area (Å²) in [5.41, 5.74) is 2.43. The number of hydrogen-bond acceptors (Lipinski definition) is 3. The molecule has 0 radical (unpaired) electrons. The lowest BCUT2D eigenvalue weighted by molar-refractivity contribution is 0.171. The number of aryl methyl sites for hydroxylation is 1. The molecular formula is C13H21NO2. The van der Waals surface area contributed by atoms with Crippen molar-refractivity contribution in [2.45, 2.75) is 26.4 Å². The van der Waals surface area contributed by atoms with Gasteiger partial charge in [-0.15, -0.1) is 0 Å². The molecule has 0 saturated heterocycles. The molecule has 1 N–H and O–H groups in total. The fourth-order valence-electron chi connectivity index (χ4n) is 1.64. The highest BCUT2D eigenvalue weighted by Crippen LogP contribution is 2.19. The van der Waals surface area contributed by atoms with Crippen molar-refractivity contribution in [3.63, 3.8) is 0 Å². The molecular weight excluding hydrogens is 202 g/mol. The molecule has 3 heteroatoms. The van der Waals surface area contributed by atoms with Crippen LogP contribution in [0.15, 0.2) is 18.2 Å². The third kappa shape index (κ3) is 3.83. The molecule has 1 aromatic carbocycles. The molecule has 0 fully saturated rings. The van der Waals surface area contributed by atoms with Crippen LogP contribution >= 0.6 is 0 Å². The van der Waals surface area contributed by atoms with Crippen molar-refractivity contribution in [2.24, 2.45) is 0 Å². The number of nitrogens with one attached hydrogen (secondary N) is 1. The van der Waals surface area contributed by atoms with Gasteiger partial charge in [0.25, 0.3) is 0 Å². The van der Waals surface area contributed by atoms with Crippen LogP contribution in [0, 0.1) is 6.92 Å². The molecule has 0 aliphatic rings. The van der Waals surface area contributed by atoms with Crippen molar-refractivity contribution in [3.05, 3.63) is 29.3 Å². The van der Waals surface area contributed by atoms with Crippen LogP contribution in [0.3, 0.4) is 0 Å². The van der Waals surface area contributed by atoms with Gasteiger partial charge in [-0.3, -0.25) is 0 Å². The van der Waals surface area contributed by atoms with Crippen LogP contribution in [0.1, 0.15) is 18.1 Å². The Bertz CT molecular complexity index is 326. The second-order valence-electron chi connectivity index (χ2n) is 4.05. The van der Waals surface area contributed by atoms with Crippen LogP contribution in [-0.4, -0.2) is 26.9 Å². The predicted molar refractivity (Wildman–Crippen MR) is 65.9 cm³/mol. The number of benzene rings is 1. The van der Waals surface area contributed by atoms with Crippen molar-refractivity contribution in [2.75, 3.05) is 20.8 Å². The van der Waals surface area contributed by atoms with Gasteiger partial charge in [0.15, 0.2) is 0 Å². The Morgan fingerprint density at radius 3 is 2.69 bits per heavy atom. The third-order valence-corrected chi connectivity index (χ3v) is 2.49. The first-order valence-electron chi connectivity index (χ1n) is 5.53. The van der Waals surface area contributed by atoms with Crippen LogP contribution in [0.4, 0.5) is 0 Å². The Morgan fingerprint density at radius 2 is 2.06 bits per heavy atom. The highest BCUT2D eigenvalue weighted by Gasteiger charge is 2.05. The highest BCUT2D eigenvalue weighted by molar-refractivity contribution is 5.36. The molecule has 0 bridgehead atoms. The molecule has 0 aliphatic carbocycles. The molecule has 1 aromatic rings. The summed E-state index contributed by atoms with van der Waals surface area (Å²) in [6, 6.07) is 6.55. The van der Waals surface area contributed by atoms with Crippen LogP contribution < -0.4 is 10.1 Å². The second kappa shape index (κ2) is 6.51. The molecule has 1 atom stereocenters. The van der Waals surface area contributed by atoms with Gasteiger partial charge < -0.3 is 14.8 Å². The lowest BCUT2D eigenvalue weighted by Crippen LogP contribution is -2.29. The quantitative estimate of drug-likeness (QED) is 0.801. The Hall–Kier alpha value is -1.06. The van der Waals surface area contributed by atoms with Crippen molar-refractivity contribution >= 4 is 0 Å². The molecule has 0 aromatic heterocycles. The molecule has 0 spiro atoms. The summed E-state index contributed by atoms with van der Waals surface area (Å²) in [6.07, 6.45) is 0.